The first-order valence-corrected chi connectivity index (χ1v) is 4.98. The Balaban J connectivity index is 2.87. The first-order valence-electron chi connectivity index (χ1n) is 3.11. The molecule has 0 bridgehead atoms. The number of pyridine rings is 1. The molecule has 0 aliphatic carbocycles. The second-order valence-electron chi connectivity index (χ2n) is 2.21. The number of H-pyrrole nitrogens is 1. The largest absolute Gasteiger partial charge is 0.284 e. The van der Waals surface area contributed by atoms with Crippen molar-refractivity contribution in [1.82, 2.24) is 4.98 Å². The third-order valence-electron chi connectivity index (χ3n) is 1.48. The lowest BCUT2D eigenvalue weighted by Crippen LogP contribution is -2.21. The number of nitrogens with zero attached hydrogens (tertiary/aromatic N) is 1. The van der Waals surface area contributed by atoms with Crippen molar-refractivity contribution in [2.24, 2.45) is 0 Å². The van der Waals surface area contributed by atoms with Crippen molar-refractivity contribution in [1.29, 1.82) is 0 Å². The normalized spacial score (nSPS) is 10.7. The van der Waals surface area contributed by atoms with E-state index in [2.05, 4.69) is 47.9 Å². The molecule has 1 N–H and O–H groups in total. The van der Waals surface area contributed by atoms with Crippen molar-refractivity contribution in [3.63, 3.8) is 0 Å². The molecule has 0 fully saturated rings. The zero-order valence-corrected chi connectivity index (χ0v) is 9.26. The van der Waals surface area contributed by atoms with Gasteiger partial charge in [-0.1, -0.05) is 0 Å². The molecule has 2 heterocycles. The van der Waals surface area contributed by atoms with Gasteiger partial charge in [0.05, 0.1) is 4.47 Å². The minimum absolute atomic E-state index is 1.09. The molecule has 0 spiro atoms. The van der Waals surface area contributed by atoms with Crippen LogP contribution in [0.3, 0.4) is 0 Å². The maximum Gasteiger partial charge on any atom is 0.284 e. The molecular weight excluding hydrogens is 319 g/mol. The highest BCUT2D eigenvalue weighted by Gasteiger charge is 2.06. The van der Waals surface area contributed by atoms with Gasteiger partial charge < -0.3 is 0 Å². The molecular formula is C7H5BrIN2+. The molecule has 0 saturated carbocycles. The van der Waals surface area contributed by atoms with Crippen LogP contribution in [-0.2, 0) is 0 Å². The molecule has 0 radical (unpaired) electrons. The zero-order valence-electron chi connectivity index (χ0n) is 5.51. The predicted octanol–water partition coefficient (Wildman–Crippen LogP) is 2.12. The Bertz CT molecular complexity index is 396. The topological polar surface area (TPSA) is 19.9 Å². The number of aromatic nitrogens is 2. The second-order valence-corrected chi connectivity index (χ2v) is 4.23. The number of aromatic amines is 1. The van der Waals surface area contributed by atoms with Crippen molar-refractivity contribution in [3.8, 4) is 0 Å². The van der Waals surface area contributed by atoms with E-state index in [0.717, 1.165) is 10.1 Å². The molecule has 2 nitrogen and oxygen atoms in total. The summed E-state index contributed by atoms with van der Waals surface area (Å²) in [5.41, 5.74) is 1.11. The molecule has 0 aromatic carbocycles. The molecule has 56 valence electrons. The Kier molecular flexibility index (Phi) is 1.88. The van der Waals surface area contributed by atoms with Gasteiger partial charge in [0.2, 0.25) is 3.70 Å². The Morgan fingerprint density at radius 1 is 1.45 bits per heavy atom. The van der Waals surface area contributed by atoms with Crippen molar-refractivity contribution in [2.75, 3.05) is 0 Å². The fourth-order valence-electron chi connectivity index (χ4n) is 0.972. The number of hydrogen-bond acceptors (Lipinski definition) is 0. The summed E-state index contributed by atoms with van der Waals surface area (Å²) in [5, 5.41) is 0. The summed E-state index contributed by atoms with van der Waals surface area (Å²) in [7, 11) is 0. The highest BCUT2D eigenvalue weighted by molar-refractivity contribution is 14.1. The Labute approximate surface area is 85.9 Å². The van der Waals surface area contributed by atoms with Crippen molar-refractivity contribution >= 4 is 44.2 Å². The smallest absolute Gasteiger partial charge is 0.242 e. The zero-order chi connectivity index (χ0) is 7.84. The van der Waals surface area contributed by atoms with Crippen LogP contribution in [0.25, 0.3) is 5.65 Å². The molecule has 2 aromatic heterocycles. The van der Waals surface area contributed by atoms with E-state index in [1.54, 1.807) is 0 Å². The van der Waals surface area contributed by atoms with Crippen LogP contribution in [0.5, 0.6) is 0 Å². The summed E-state index contributed by atoms with van der Waals surface area (Å²) in [5.74, 6) is 0. The minimum atomic E-state index is 1.09. The van der Waals surface area contributed by atoms with E-state index in [-0.39, 0.29) is 0 Å². The van der Waals surface area contributed by atoms with E-state index in [9.17, 15) is 0 Å². The first-order chi connectivity index (χ1) is 5.27. The van der Waals surface area contributed by atoms with Crippen LogP contribution in [0, 0.1) is 3.70 Å². The van der Waals surface area contributed by atoms with Crippen LogP contribution in [0.15, 0.2) is 29.0 Å². The quantitative estimate of drug-likeness (QED) is 0.566. The van der Waals surface area contributed by atoms with Gasteiger partial charge in [-0.05, 0) is 22.0 Å². The van der Waals surface area contributed by atoms with Gasteiger partial charge in [0.1, 0.15) is 12.4 Å². The predicted molar refractivity (Wildman–Crippen MR) is 54.4 cm³/mol. The number of hydrogen-bond donors (Lipinski definition) is 1. The summed E-state index contributed by atoms with van der Waals surface area (Å²) in [6, 6.07) is 4.05. The lowest BCUT2D eigenvalue weighted by atomic mass is 10.5. The maximum absolute atomic E-state index is 3.41. The molecule has 4 heteroatoms. The molecule has 0 aliphatic heterocycles. The average molecular weight is 324 g/mol. The SMILES string of the molecule is Brc1ccc2[nH]cc(I)[n+]2c1. The van der Waals surface area contributed by atoms with Gasteiger partial charge in [0, 0.05) is 28.7 Å². The summed E-state index contributed by atoms with van der Waals surface area (Å²) >= 11 is 5.69. The van der Waals surface area contributed by atoms with Gasteiger partial charge in [0.15, 0.2) is 0 Å². The number of halogens is 2. The van der Waals surface area contributed by atoms with E-state index in [1.807, 2.05) is 24.5 Å². The Morgan fingerprint density at radius 3 is 3.09 bits per heavy atom. The lowest BCUT2D eigenvalue weighted by molar-refractivity contribution is -0.525. The Hall–Kier alpha value is -0.100. The maximum atomic E-state index is 3.41. The Morgan fingerprint density at radius 2 is 2.27 bits per heavy atom. The lowest BCUT2D eigenvalue weighted by Gasteiger charge is -1.86. The van der Waals surface area contributed by atoms with E-state index in [0.29, 0.717) is 0 Å². The molecule has 11 heavy (non-hydrogen) atoms. The molecule has 0 saturated heterocycles. The van der Waals surface area contributed by atoms with Gasteiger partial charge >= 0.3 is 0 Å². The van der Waals surface area contributed by atoms with Gasteiger partial charge in [0.25, 0.3) is 5.65 Å². The summed E-state index contributed by atoms with van der Waals surface area (Å²) in [4.78, 5) is 3.15. The first kappa shape index (κ1) is 7.54. The minimum Gasteiger partial charge on any atom is -0.242 e. The number of rotatable bonds is 0. The van der Waals surface area contributed by atoms with Crippen molar-refractivity contribution < 1.29 is 4.40 Å². The molecule has 0 amide bonds. The van der Waals surface area contributed by atoms with Crippen molar-refractivity contribution in [2.45, 2.75) is 0 Å². The summed E-state index contributed by atoms with van der Waals surface area (Å²) in [6.45, 7) is 0. The molecule has 2 rings (SSSR count). The van der Waals surface area contributed by atoms with Gasteiger partial charge in [-0.25, -0.2) is 4.98 Å². The molecule has 0 atom stereocenters. The van der Waals surface area contributed by atoms with Crippen molar-refractivity contribution in [3.05, 3.63) is 32.7 Å². The van der Waals surface area contributed by atoms with Gasteiger partial charge in [-0.3, -0.25) is 0 Å². The van der Waals surface area contributed by atoms with Crippen LogP contribution in [0.4, 0.5) is 0 Å². The fourth-order valence-corrected chi connectivity index (χ4v) is 1.86. The third kappa shape index (κ3) is 1.29. The molecule has 0 unspecified atom stereocenters. The van der Waals surface area contributed by atoms with E-state index in [4.69, 9.17) is 0 Å². The van der Waals surface area contributed by atoms with E-state index in [1.165, 1.54) is 3.70 Å². The standard InChI is InChI=1S/C7H4BrIN2/c8-5-1-2-7-10-3-6(9)11(7)4-5/h1-4H/p+1. The van der Waals surface area contributed by atoms with Crippen LogP contribution < -0.4 is 4.40 Å². The van der Waals surface area contributed by atoms with Gasteiger partial charge in [-0.15, -0.1) is 0 Å². The highest BCUT2D eigenvalue weighted by Crippen LogP contribution is 2.08. The summed E-state index contributed by atoms with van der Waals surface area (Å²) in [6.07, 6.45) is 4.01. The van der Waals surface area contributed by atoms with Crippen LogP contribution in [0.2, 0.25) is 0 Å². The van der Waals surface area contributed by atoms with Gasteiger partial charge in [-0.2, -0.15) is 4.40 Å². The monoisotopic (exact) mass is 323 g/mol. The second kappa shape index (κ2) is 2.75. The summed E-state index contributed by atoms with van der Waals surface area (Å²) < 4.78 is 4.36. The van der Waals surface area contributed by atoms with E-state index >= 15 is 0 Å². The molecule has 2 aromatic rings. The number of fused-ring (bicyclic) bond motifs is 1. The van der Waals surface area contributed by atoms with E-state index < -0.39 is 0 Å². The number of nitrogens with one attached hydrogen (secondary N) is 1. The fraction of sp³-hybridized carbons (Fsp3) is 0. The number of imidazole rings is 1. The van der Waals surface area contributed by atoms with Crippen LogP contribution in [0.1, 0.15) is 0 Å². The molecule has 0 aliphatic rings. The third-order valence-corrected chi connectivity index (χ3v) is 2.78. The van der Waals surface area contributed by atoms with Crippen LogP contribution in [-0.4, -0.2) is 4.98 Å². The highest BCUT2D eigenvalue weighted by atomic mass is 127. The average Bonchev–Trinajstić information content (AvgIpc) is 2.33. The van der Waals surface area contributed by atoms with Crippen LogP contribution >= 0.6 is 38.5 Å².